The molecule has 0 amide bonds. The number of aromatic nitrogens is 2. The molecule has 0 spiro atoms. The van der Waals surface area contributed by atoms with Crippen LogP contribution in [0.25, 0.3) is 21.3 Å². The first kappa shape index (κ1) is 17.4. The van der Waals surface area contributed by atoms with Crippen LogP contribution in [0.15, 0.2) is 40.8 Å². The van der Waals surface area contributed by atoms with Crippen LogP contribution in [0.2, 0.25) is 0 Å². The number of carbonyl (C=O) groups excluding carboxylic acids is 1. The first-order valence-corrected chi connectivity index (χ1v) is 8.98. The number of thiophene rings is 1. The topological polar surface area (TPSA) is 61.2 Å². The summed E-state index contributed by atoms with van der Waals surface area (Å²) < 4.78 is 6.07. The SMILES string of the molecule is COC(=O)C(C)n1cnc2scc(-c3ccc(C(C)C)cc3)c2c1=O. The van der Waals surface area contributed by atoms with Crippen LogP contribution < -0.4 is 5.56 Å². The second-order valence-electron chi connectivity index (χ2n) is 6.26. The van der Waals surface area contributed by atoms with Crippen molar-refractivity contribution in [3.63, 3.8) is 0 Å². The Morgan fingerprint density at radius 1 is 1.20 bits per heavy atom. The average molecular weight is 356 g/mol. The van der Waals surface area contributed by atoms with Gasteiger partial charge < -0.3 is 4.74 Å². The standard InChI is InChI=1S/C19H20N2O3S/c1-11(2)13-5-7-14(8-6-13)15-9-25-17-16(15)18(22)21(10-20-17)12(3)19(23)24-4/h5-12H,1-4H3. The van der Waals surface area contributed by atoms with Gasteiger partial charge in [-0.2, -0.15) is 0 Å². The van der Waals surface area contributed by atoms with E-state index in [0.29, 0.717) is 16.1 Å². The average Bonchev–Trinajstić information content (AvgIpc) is 3.06. The summed E-state index contributed by atoms with van der Waals surface area (Å²) in [5.74, 6) is -0.0191. The zero-order chi connectivity index (χ0) is 18.1. The number of esters is 1. The van der Waals surface area contributed by atoms with E-state index in [1.807, 2.05) is 17.5 Å². The van der Waals surface area contributed by atoms with Crippen LogP contribution in [0.3, 0.4) is 0 Å². The lowest BCUT2D eigenvalue weighted by Crippen LogP contribution is -2.29. The van der Waals surface area contributed by atoms with Crippen LogP contribution in [0, 0.1) is 0 Å². The summed E-state index contributed by atoms with van der Waals surface area (Å²) in [7, 11) is 1.31. The zero-order valence-corrected chi connectivity index (χ0v) is 15.5. The molecule has 0 radical (unpaired) electrons. The van der Waals surface area contributed by atoms with Crippen molar-refractivity contribution in [2.75, 3.05) is 7.11 Å². The Labute approximate surface area is 149 Å². The molecule has 5 nitrogen and oxygen atoms in total. The molecule has 0 fully saturated rings. The molecule has 1 atom stereocenters. The number of hydrogen-bond donors (Lipinski definition) is 0. The summed E-state index contributed by atoms with van der Waals surface area (Å²) in [5, 5.41) is 2.48. The molecule has 0 bridgehead atoms. The third-order valence-electron chi connectivity index (χ3n) is 4.37. The molecule has 0 aliphatic heterocycles. The van der Waals surface area contributed by atoms with Crippen LogP contribution in [0.5, 0.6) is 0 Å². The molecule has 130 valence electrons. The van der Waals surface area contributed by atoms with Gasteiger partial charge in [-0.05, 0) is 24.0 Å². The van der Waals surface area contributed by atoms with E-state index in [-0.39, 0.29) is 5.56 Å². The minimum absolute atomic E-state index is 0.230. The predicted molar refractivity (Wildman–Crippen MR) is 100 cm³/mol. The molecule has 0 saturated heterocycles. The summed E-state index contributed by atoms with van der Waals surface area (Å²) in [4.78, 5) is 29.7. The molecule has 0 aliphatic carbocycles. The van der Waals surface area contributed by atoms with Crippen molar-refractivity contribution in [3.05, 3.63) is 51.9 Å². The largest absolute Gasteiger partial charge is 0.467 e. The molecule has 0 aliphatic rings. The molecule has 25 heavy (non-hydrogen) atoms. The summed E-state index contributed by atoms with van der Waals surface area (Å²) in [6.45, 7) is 5.92. The van der Waals surface area contributed by atoms with Crippen LogP contribution in [-0.2, 0) is 9.53 Å². The second kappa shape index (κ2) is 6.80. The van der Waals surface area contributed by atoms with E-state index in [4.69, 9.17) is 4.74 Å². The van der Waals surface area contributed by atoms with Crippen LogP contribution in [0.1, 0.15) is 38.3 Å². The number of methoxy groups -OCH3 is 1. The highest BCUT2D eigenvalue weighted by Gasteiger charge is 2.20. The molecule has 2 heterocycles. The van der Waals surface area contributed by atoms with Gasteiger partial charge in [0.2, 0.25) is 0 Å². The van der Waals surface area contributed by atoms with Gasteiger partial charge in [-0.25, -0.2) is 9.78 Å². The molecule has 0 N–H and O–H groups in total. The highest BCUT2D eigenvalue weighted by molar-refractivity contribution is 7.17. The van der Waals surface area contributed by atoms with Crippen molar-refractivity contribution in [1.29, 1.82) is 0 Å². The van der Waals surface area contributed by atoms with Crippen molar-refractivity contribution < 1.29 is 9.53 Å². The predicted octanol–water partition coefficient (Wildman–Crippen LogP) is 3.98. The number of rotatable bonds is 4. The minimum Gasteiger partial charge on any atom is -0.467 e. The maximum atomic E-state index is 12.9. The Morgan fingerprint density at radius 2 is 1.88 bits per heavy atom. The first-order chi connectivity index (χ1) is 11.9. The maximum Gasteiger partial charge on any atom is 0.328 e. The van der Waals surface area contributed by atoms with Crippen molar-refractivity contribution in [1.82, 2.24) is 9.55 Å². The lowest BCUT2D eigenvalue weighted by Gasteiger charge is -2.12. The maximum absolute atomic E-state index is 12.9. The van der Waals surface area contributed by atoms with E-state index >= 15 is 0 Å². The fraction of sp³-hybridized carbons (Fsp3) is 0.316. The number of carbonyl (C=O) groups is 1. The Morgan fingerprint density at radius 3 is 2.48 bits per heavy atom. The summed E-state index contributed by atoms with van der Waals surface area (Å²) in [5.41, 5.74) is 2.84. The normalized spacial score (nSPS) is 12.5. The summed E-state index contributed by atoms with van der Waals surface area (Å²) >= 11 is 1.43. The number of benzene rings is 1. The fourth-order valence-corrected chi connectivity index (χ4v) is 3.67. The minimum atomic E-state index is -0.717. The number of ether oxygens (including phenoxy) is 1. The van der Waals surface area contributed by atoms with Gasteiger partial charge in [-0.1, -0.05) is 38.1 Å². The van der Waals surface area contributed by atoms with E-state index in [1.54, 1.807) is 6.92 Å². The van der Waals surface area contributed by atoms with E-state index in [9.17, 15) is 9.59 Å². The van der Waals surface area contributed by atoms with Crippen LogP contribution >= 0.6 is 11.3 Å². The van der Waals surface area contributed by atoms with Crippen LogP contribution in [0.4, 0.5) is 0 Å². The Balaban J connectivity index is 2.14. The van der Waals surface area contributed by atoms with E-state index in [1.165, 1.54) is 34.9 Å². The van der Waals surface area contributed by atoms with Gasteiger partial charge in [0.1, 0.15) is 10.9 Å². The molecule has 2 aromatic heterocycles. The monoisotopic (exact) mass is 356 g/mol. The Bertz CT molecular complexity index is 970. The van der Waals surface area contributed by atoms with Gasteiger partial charge >= 0.3 is 5.97 Å². The molecule has 0 saturated carbocycles. The zero-order valence-electron chi connectivity index (χ0n) is 14.6. The molecule has 3 aromatic rings. The number of nitrogens with zero attached hydrogens (tertiary/aromatic N) is 2. The Kier molecular flexibility index (Phi) is 4.72. The Hall–Kier alpha value is -2.47. The fourth-order valence-electron chi connectivity index (χ4n) is 2.77. The summed E-state index contributed by atoms with van der Waals surface area (Å²) in [6.07, 6.45) is 1.41. The van der Waals surface area contributed by atoms with E-state index in [2.05, 4.69) is 31.0 Å². The quantitative estimate of drug-likeness (QED) is 0.663. The van der Waals surface area contributed by atoms with Gasteiger partial charge in [0.25, 0.3) is 5.56 Å². The molecule has 6 heteroatoms. The first-order valence-electron chi connectivity index (χ1n) is 8.10. The summed E-state index contributed by atoms with van der Waals surface area (Å²) in [6, 6.07) is 7.49. The van der Waals surface area contributed by atoms with Gasteiger partial charge in [0.15, 0.2) is 0 Å². The van der Waals surface area contributed by atoms with Gasteiger partial charge in [-0.3, -0.25) is 9.36 Å². The molecule has 1 aromatic carbocycles. The highest BCUT2D eigenvalue weighted by Crippen LogP contribution is 2.31. The highest BCUT2D eigenvalue weighted by atomic mass is 32.1. The third-order valence-corrected chi connectivity index (χ3v) is 5.25. The van der Waals surface area contributed by atoms with E-state index in [0.717, 1.165) is 11.1 Å². The van der Waals surface area contributed by atoms with Crippen molar-refractivity contribution >= 4 is 27.5 Å². The lowest BCUT2D eigenvalue weighted by molar-refractivity contribution is -0.144. The molecule has 3 rings (SSSR count). The molecule has 1 unspecified atom stereocenters. The van der Waals surface area contributed by atoms with Crippen molar-refractivity contribution in [2.24, 2.45) is 0 Å². The van der Waals surface area contributed by atoms with Crippen molar-refractivity contribution in [2.45, 2.75) is 32.7 Å². The van der Waals surface area contributed by atoms with Gasteiger partial charge in [0.05, 0.1) is 18.8 Å². The van der Waals surface area contributed by atoms with E-state index < -0.39 is 12.0 Å². The lowest BCUT2D eigenvalue weighted by atomic mass is 9.99. The number of hydrogen-bond acceptors (Lipinski definition) is 5. The molecular weight excluding hydrogens is 336 g/mol. The van der Waals surface area contributed by atoms with Crippen LogP contribution in [-0.4, -0.2) is 22.6 Å². The van der Waals surface area contributed by atoms with Gasteiger partial charge in [-0.15, -0.1) is 11.3 Å². The second-order valence-corrected chi connectivity index (χ2v) is 7.12. The molecular formula is C19H20N2O3S. The smallest absolute Gasteiger partial charge is 0.328 e. The third kappa shape index (κ3) is 3.09. The van der Waals surface area contributed by atoms with Gasteiger partial charge in [0, 0.05) is 10.9 Å². The van der Waals surface area contributed by atoms with Crippen molar-refractivity contribution in [3.8, 4) is 11.1 Å². The number of fused-ring (bicyclic) bond motifs is 1.